The van der Waals surface area contributed by atoms with Gasteiger partial charge in [-0.2, -0.15) is 0 Å². The van der Waals surface area contributed by atoms with E-state index in [-0.39, 0.29) is 6.61 Å². The third-order valence-corrected chi connectivity index (χ3v) is 2.94. The minimum Gasteiger partial charge on any atom is -0.396 e. The molecule has 1 aliphatic rings. The predicted molar refractivity (Wildman–Crippen MR) is 54.2 cm³/mol. The lowest BCUT2D eigenvalue weighted by atomic mass is 10.0. The van der Waals surface area contributed by atoms with Gasteiger partial charge in [-0.05, 0) is 12.8 Å². The number of rotatable bonds is 4. The molecule has 0 radical (unpaired) electrons. The van der Waals surface area contributed by atoms with E-state index in [9.17, 15) is 5.11 Å². The van der Waals surface area contributed by atoms with Gasteiger partial charge in [0, 0.05) is 19.2 Å². The highest BCUT2D eigenvalue weighted by atomic mass is 16.3. The lowest BCUT2D eigenvalue weighted by Gasteiger charge is -2.21. The summed E-state index contributed by atoms with van der Waals surface area (Å²) in [5, 5.41) is 26.7. The van der Waals surface area contributed by atoms with Crippen molar-refractivity contribution >= 4 is 0 Å². The second kappa shape index (κ2) is 4.28. The number of hydrogen-bond acceptors (Lipinski definition) is 4. The fraction of sp³-hybridized carbons (Fsp3) is 0.800. The summed E-state index contributed by atoms with van der Waals surface area (Å²) in [6.07, 6.45) is 6.21. The standard InChI is InChI=1S/C10H17N3O2/c14-6-3-9-7-13(12-11-9)8-10(15)4-1-2-5-10/h7,14-15H,1-6,8H2. The van der Waals surface area contributed by atoms with Crippen molar-refractivity contribution in [2.45, 2.75) is 44.2 Å². The van der Waals surface area contributed by atoms with E-state index in [0.29, 0.717) is 13.0 Å². The molecule has 0 aliphatic heterocycles. The molecule has 5 heteroatoms. The van der Waals surface area contributed by atoms with Gasteiger partial charge >= 0.3 is 0 Å². The van der Waals surface area contributed by atoms with Crippen molar-refractivity contribution in [2.24, 2.45) is 0 Å². The Labute approximate surface area is 88.7 Å². The van der Waals surface area contributed by atoms with Gasteiger partial charge in [0.15, 0.2) is 0 Å². The number of aromatic nitrogens is 3. The van der Waals surface area contributed by atoms with Crippen LogP contribution in [0.4, 0.5) is 0 Å². The number of aliphatic hydroxyl groups is 2. The van der Waals surface area contributed by atoms with E-state index in [1.807, 2.05) is 0 Å². The van der Waals surface area contributed by atoms with E-state index in [1.54, 1.807) is 10.9 Å². The maximum absolute atomic E-state index is 10.1. The fourth-order valence-electron chi connectivity index (χ4n) is 2.14. The van der Waals surface area contributed by atoms with Gasteiger partial charge in [-0.15, -0.1) is 5.10 Å². The van der Waals surface area contributed by atoms with Crippen LogP contribution in [0.3, 0.4) is 0 Å². The first-order valence-electron chi connectivity index (χ1n) is 5.44. The van der Waals surface area contributed by atoms with Crippen LogP contribution >= 0.6 is 0 Å². The van der Waals surface area contributed by atoms with Crippen LogP contribution in [0.5, 0.6) is 0 Å². The molecule has 0 aromatic carbocycles. The summed E-state index contributed by atoms with van der Waals surface area (Å²) in [5.41, 5.74) is 0.184. The van der Waals surface area contributed by atoms with Crippen molar-refractivity contribution in [2.75, 3.05) is 6.61 Å². The molecule has 0 amide bonds. The Morgan fingerprint density at radius 1 is 1.40 bits per heavy atom. The number of nitrogens with zero attached hydrogens (tertiary/aromatic N) is 3. The topological polar surface area (TPSA) is 71.2 Å². The van der Waals surface area contributed by atoms with Crippen LogP contribution in [0, 0.1) is 0 Å². The Bertz CT molecular complexity index is 318. The monoisotopic (exact) mass is 211 g/mol. The van der Waals surface area contributed by atoms with Gasteiger partial charge in [0.2, 0.25) is 0 Å². The van der Waals surface area contributed by atoms with Crippen LogP contribution in [-0.2, 0) is 13.0 Å². The summed E-state index contributed by atoms with van der Waals surface area (Å²) in [5.74, 6) is 0. The molecule has 1 saturated carbocycles. The molecule has 2 rings (SSSR count). The minimum absolute atomic E-state index is 0.0863. The van der Waals surface area contributed by atoms with Gasteiger partial charge in [0.25, 0.3) is 0 Å². The lowest BCUT2D eigenvalue weighted by Crippen LogP contribution is -2.30. The van der Waals surface area contributed by atoms with Crippen molar-refractivity contribution in [1.29, 1.82) is 0 Å². The summed E-state index contributed by atoms with van der Waals surface area (Å²) in [6, 6.07) is 0. The zero-order chi connectivity index (χ0) is 10.7. The van der Waals surface area contributed by atoms with E-state index < -0.39 is 5.60 Å². The molecule has 1 aromatic heterocycles. The summed E-state index contributed by atoms with van der Waals surface area (Å²) in [4.78, 5) is 0. The van der Waals surface area contributed by atoms with Gasteiger partial charge < -0.3 is 10.2 Å². The van der Waals surface area contributed by atoms with Crippen molar-refractivity contribution in [3.63, 3.8) is 0 Å². The smallest absolute Gasteiger partial charge is 0.0849 e. The molecule has 84 valence electrons. The number of aliphatic hydroxyl groups excluding tert-OH is 1. The maximum atomic E-state index is 10.1. The van der Waals surface area contributed by atoms with Crippen LogP contribution in [-0.4, -0.2) is 37.4 Å². The van der Waals surface area contributed by atoms with Gasteiger partial charge in [-0.25, -0.2) is 4.68 Å². The molecule has 0 bridgehead atoms. The van der Waals surface area contributed by atoms with E-state index in [1.165, 1.54) is 0 Å². The normalized spacial score (nSPS) is 19.6. The fourth-order valence-corrected chi connectivity index (χ4v) is 2.14. The van der Waals surface area contributed by atoms with Crippen LogP contribution in [0.15, 0.2) is 6.20 Å². The second-order valence-electron chi connectivity index (χ2n) is 4.31. The van der Waals surface area contributed by atoms with Crippen LogP contribution in [0.1, 0.15) is 31.4 Å². The molecule has 15 heavy (non-hydrogen) atoms. The van der Waals surface area contributed by atoms with Crippen LogP contribution in [0.2, 0.25) is 0 Å². The zero-order valence-corrected chi connectivity index (χ0v) is 8.76. The molecule has 0 atom stereocenters. The Balaban J connectivity index is 1.97. The first-order valence-corrected chi connectivity index (χ1v) is 5.44. The lowest BCUT2D eigenvalue weighted by molar-refractivity contribution is 0.0260. The summed E-state index contributed by atoms with van der Waals surface area (Å²) in [6.45, 7) is 0.606. The van der Waals surface area contributed by atoms with Gasteiger partial charge in [0.05, 0.1) is 17.8 Å². The molecule has 2 N–H and O–H groups in total. The maximum Gasteiger partial charge on any atom is 0.0849 e. The Morgan fingerprint density at radius 2 is 2.13 bits per heavy atom. The highest BCUT2D eigenvalue weighted by molar-refractivity contribution is 4.94. The van der Waals surface area contributed by atoms with Crippen molar-refractivity contribution in [1.82, 2.24) is 15.0 Å². The van der Waals surface area contributed by atoms with Crippen LogP contribution < -0.4 is 0 Å². The average molecular weight is 211 g/mol. The Morgan fingerprint density at radius 3 is 2.80 bits per heavy atom. The molecular formula is C10H17N3O2. The SMILES string of the molecule is OCCc1cn(CC2(O)CCCC2)nn1. The zero-order valence-electron chi connectivity index (χ0n) is 8.76. The van der Waals surface area contributed by atoms with Crippen molar-refractivity contribution in [3.05, 3.63) is 11.9 Å². The average Bonchev–Trinajstić information content (AvgIpc) is 2.77. The van der Waals surface area contributed by atoms with E-state index in [2.05, 4.69) is 10.3 Å². The van der Waals surface area contributed by atoms with E-state index in [0.717, 1.165) is 31.4 Å². The quantitative estimate of drug-likeness (QED) is 0.742. The molecule has 0 unspecified atom stereocenters. The molecule has 5 nitrogen and oxygen atoms in total. The Hall–Kier alpha value is -0.940. The molecular weight excluding hydrogens is 194 g/mol. The van der Waals surface area contributed by atoms with E-state index >= 15 is 0 Å². The third kappa shape index (κ3) is 2.54. The molecule has 1 fully saturated rings. The largest absolute Gasteiger partial charge is 0.396 e. The summed E-state index contributed by atoms with van der Waals surface area (Å²) in [7, 11) is 0. The second-order valence-corrected chi connectivity index (χ2v) is 4.31. The Kier molecular flexibility index (Phi) is 3.02. The van der Waals surface area contributed by atoms with Crippen molar-refractivity contribution < 1.29 is 10.2 Å². The number of hydrogen-bond donors (Lipinski definition) is 2. The van der Waals surface area contributed by atoms with Gasteiger partial charge in [-0.3, -0.25) is 0 Å². The van der Waals surface area contributed by atoms with Gasteiger partial charge in [-0.1, -0.05) is 18.1 Å². The molecule has 0 spiro atoms. The highest BCUT2D eigenvalue weighted by Crippen LogP contribution is 2.30. The van der Waals surface area contributed by atoms with Gasteiger partial charge in [0.1, 0.15) is 0 Å². The molecule has 1 aliphatic carbocycles. The third-order valence-electron chi connectivity index (χ3n) is 2.94. The highest BCUT2D eigenvalue weighted by Gasteiger charge is 2.31. The van der Waals surface area contributed by atoms with Crippen molar-refractivity contribution in [3.8, 4) is 0 Å². The molecule has 0 saturated heterocycles. The molecule has 1 aromatic rings. The first kappa shape index (κ1) is 10.6. The summed E-state index contributed by atoms with van der Waals surface area (Å²) >= 11 is 0. The summed E-state index contributed by atoms with van der Waals surface area (Å²) < 4.78 is 1.68. The predicted octanol–water partition coefficient (Wildman–Crippen LogP) is 0.118. The van der Waals surface area contributed by atoms with Crippen LogP contribution in [0.25, 0.3) is 0 Å². The first-order chi connectivity index (χ1) is 7.22. The molecule has 1 heterocycles. The van der Waals surface area contributed by atoms with E-state index in [4.69, 9.17) is 5.11 Å². The minimum atomic E-state index is -0.593.